The fourth-order valence-corrected chi connectivity index (χ4v) is 3.14. The van der Waals surface area contributed by atoms with Crippen molar-refractivity contribution in [1.29, 1.82) is 0 Å². The van der Waals surface area contributed by atoms with Gasteiger partial charge in [0.05, 0.1) is 22.8 Å². The van der Waals surface area contributed by atoms with Gasteiger partial charge in [0.25, 0.3) is 11.5 Å². The Hall–Kier alpha value is -4.13. The van der Waals surface area contributed by atoms with E-state index in [1.54, 1.807) is 48.5 Å². The van der Waals surface area contributed by atoms with Crippen LogP contribution in [0.5, 0.6) is 0 Å². The fraction of sp³-hybridized carbons (Fsp3) is 0.125. The van der Waals surface area contributed by atoms with Gasteiger partial charge in [-0.1, -0.05) is 36.4 Å². The molecule has 7 nitrogen and oxygen atoms in total. The molecule has 1 aromatic heterocycles. The van der Waals surface area contributed by atoms with E-state index in [0.717, 1.165) is 5.69 Å². The van der Waals surface area contributed by atoms with Crippen LogP contribution in [0, 0.1) is 0 Å². The van der Waals surface area contributed by atoms with Crippen molar-refractivity contribution in [3.63, 3.8) is 0 Å². The van der Waals surface area contributed by atoms with Gasteiger partial charge in [-0.3, -0.25) is 9.59 Å². The minimum atomic E-state index is -0.385. The number of aromatic nitrogens is 2. The first kappa shape index (κ1) is 20.2. The Labute approximate surface area is 179 Å². The Kier molecular flexibility index (Phi) is 5.66. The molecule has 0 aliphatic heterocycles. The third kappa shape index (κ3) is 4.40. The first-order valence-corrected chi connectivity index (χ1v) is 9.92. The molecule has 7 heteroatoms. The predicted molar refractivity (Wildman–Crippen MR) is 121 cm³/mol. The maximum absolute atomic E-state index is 13.0. The summed E-state index contributed by atoms with van der Waals surface area (Å²) in [5, 5.41) is 16.5. The highest BCUT2D eigenvalue weighted by atomic mass is 16.2. The summed E-state index contributed by atoms with van der Waals surface area (Å²) in [7, 11) is 0. The first-order valence-electron chi connectivity index (χ1n) is 9.92. The van der Waals surface area contributed by atoms with Crippen LogP contribution in [-0.4, -0.2) is 15.7 Å². The third-order valence-electron chi connectivity index (χ3n) is 4.69. The highest BCUT2D eigenvalue weighted by Crippen LogP contribution is 2.21. The number of carbonyl (C=O) groups excluding carboxylic acids is 1. The molecule has 0 saturated carbocycles. The highest BCUT2D eigenvalue weighted by molar-refractivity contribution is 6.11. The van der Waals surface area contributed by atoms with E-state index < -0.39 is 0 Å². The zero-order valence-corrected chi connectivity index (χ0v) is 17.2. The average molecular weight is 411 g/mol. The lowest BCUT2D eigenvalue weighted by Crippen LogP contribution is -2.28. The summed E-state index contributed by atoms with van der Waals surface area (Å²) in [6.07, 6.45) is 0. The summed E-state index contributed by atoms with van der Waals surface area (Å²) in [6, 6.07) is 23.3. The Balaban J connectivity index is 1.59. The van der Waals surface area contributed by atoms with Gasteiger partial charge in [0, 0.05) is 11.1 Å². The van der Waals surface area contributed by atoms with Gasteiger partial charge in [-0.2, -0.15) is 15.3 Å². The van der Waals surface area contributed by atoms with Crippen molar-refractivity contribution in [2.45, 2.75) is 19.9 Å². The maximum atomic E-state index is 13.0. The lowest BCUT2D eigenvalue weighted by atomic mass is 10.1. The average Bonchev–Trinajstić information content (AvgIpc) is 2.79. The second kappa shape index (κ2) is 8.71. The Morgan fingerprint density at radius 2 is 1.42 bits per heavy atom. The second-order valence-electron chi connectivity index (χ2n) is 7.27. The first-order chi connectivity index (χ1) is 15.0. The van der Waals surface area contributed by atoms with Crippen molar-refractivity contribution < 1.29 is 4.79 Å². The summed E-state index contributed by atoms with van der Waals surface area (Å²) in [4.78, 5) is 25.6. The molecule has 0 bridgehead atoms. The number of hydrogen-bond acceptors (Lipinski definition) is 5. The van der Waals surface area contributed by atoms with Crippen LogP contribution in [0.1, 0.15) is 30.4 Å². The molecular formula is C24H21N5O2. The molecule has 0 radical (unpaired) electrons. The van der Waals surface area contributed by atoms with E-state index in [4.69, 9.17) is 0 Å². The van der Waals surface area contributed by atoms with Gasteiger partial charge in [0.15, 0.2) is 5.69 Å². The van der Waals surface area contributed by atoms with Crippen LogP contribution in [0.15, 0.2) is 93.9 Å². The van der Waals surface area contributed by atoms with Gasteiger partial charge < -0.3 is 5.32 Å². The molecule has 0 aliphatic carbocycles. The molecule has 4 rings (SSSR count). The van der Waals surface area contributed by atoms with Gasteiger partial charge in [0.1, 0.15) is 0 Å². The Morgan fingerprint density at radius 3 is 2.06 bits per heavy atom. The molecule has 0 aliphatic rings. The molecule has 1 heterocycles. The van der Waals surface area contributed by atoms with Crippen LogP contribution in [-0.2, 0) is 0 Å². The Morgan fingerprint density at radius 1 is 0.839 bits per heavy atom. The van der Waals surface area contributed by atoms with Crippen LogP contribution >= 0.6 is 0 Å². The number of amides is 1. The van der Waals surface area contributed by atoms with Gasteiger partial charge >= 0.3 is 0 Å². The molecule has 0 fully saturated rings. The zero-order chi connectivity index (χ0) is 21.8. The van der Waals surface area contributed by atoms with E-state index >= 15 is 0 Å². The van der Waals surface area contributed by atoms with Crippen molar-refractivity contribution in [3.8, 4) is 0 Å². The van der Waals surface area contributed by atoms with Gasteiger partial charge in [-0.15, -0.1) is 0 Å². The second-order valence-corrected chi connectivity index (χ2v) is 7.27. The SMILES string of the molecule is CC(C)n1nc(C(=O)Nc2ccc(N=Nc3ccccc3)cc2)c2ccccc2c1=O. The highest BCUT2D eigenvalue weighted by Gasteiger charge is 2.18. The molecule has 4 aromatic rings. The van der Waals surface area contributed by atoms with E-state index in [0.29, 0.717) is 22.1 Å². The quantitative estimate of drug-likeness (QED) is 0.431. The number of benzene rings is 3. The number of anilines is 1. The van der Waals surface area contributed by atoms with Gasteiger partial charge in [-0.25, -0.2) is 4.68 Å². The number of rotatable bonds is 5. The Bertz CT molecular complexity index is 1310. The lowest BCUT2D eigenvalue weighted by Gasteiger charge is -2.13. The topological polar surface area (TPSA) is 88.7 Å². The van der Waals surface area contributed by atoms with E-state index in [1.807, 2.05) is 44.2 Å². The normalized spacial score (nSPS) is 11.3. The summed E-state index contributed by atoms with van der Waals surface area (Å²) >= 11 is 0. The fourth-order valence-electron chi connectivity index (χ4n) is 3.14. The monoisotopic (exact) mass is 411 g/mol. The van der Waals surface area contributed by atoms with E-state index in [1.165, 1.54) is 4.68 Å². The van der Waals surface area contributed by atoms with Crippen molar-refractivity contribution >= 4 is 33.7 Å². The van der Waals surface area contributed by atoms with Crippen LogP contribution in [0.4, 0.5) is 17.1 Å². The summed E-state index contributed by atoms with van der Waals surface area (Å²) in [6.45, 7) is 3.71. The smallest absolute Gasteiger partial charge is 0.276 e. The summed E-state index contributed by atoms with van der Waals surface area (Å²) in [5.41, 5.74) is 2.01. The summed E-state index contributed by atoms with van der Waals surface area (Å²) < 4.78 is 1.34. The van der Waals surface area contributed by atoms with E-state index in [9.17, 15) is 9.59 Å². The third-order valence-corrected chi connectivity index (χ3v) is 4.69. The number of azo groups is 1. The van der Waals surface area contributed by atoms with Gasteiger partial charge in [0.2, 0.25) is 0 Å². The lowest BCUT2D eigenvalue weighted by molar-refractivity contribution is 0.102. The molecule has 0 saturated heterocycles. The number of nitrogens with zero attached hydrogens (tertiary/aromatic N) is 4. The molecule has 1 N–H and O–H groups in total. The minimum Gasteiger partial charge on any atom is -0.321 e. The minimum absolute atomic E-state index is 0.169. The summed E-state index contributed by atoms with van der Waals surface area (Å²) in [5.74, 6) is -0.385. The molecule has 0 atom stereocenters. The van der Waals surface area contributed by atoms with Crippen molar-refractivity contribution in [3.05, 3.63) is 94.9 Å². The van der Waals surface area contributed by atoms with Gasteiger partial charge in [-0.05, 0) is 56.3 Å². The van der Waals surface area contributed by atoms with Crippen LogP contribution in [0.2, 0.25) is 0 Å². The molecule has 3 aromatic carbocycles. The molecule has 0 unspecified atom stereocenters. The largest absolute Gasteiger partial charge is 0.321 e. The molecule has 1 amide bonds. The van der Waals surface area contributed by atoms with Crippen molar-refractivity contribution in [2.75, 3.05) is 5.32 Å². The number of hydrogen-bond donors (Lipinski definition) is 1. The number of carbonyl (C=O) groups is 1. The van der Waals surface area contributed by atoms with Crippen LogP contribution in [0.3, 0.4) is 0 Å². The van der Waals surface area contributed by atoms with Crippen LogP contribution < -0.4 is 10.9 Å². The number of nitrogens with one attached hydrogen (secondary N) is 1. The van der Waals surface area contributed by atoms with Crippen molar-refractivity contribution in [2.24, 2.45) is 10.2 Å². The molecular weight excluding hydrogens is 390 g/mol. The van der Waals surface area contributed by atoms with E-state index in [-0.39, 0.29) is 23.2 Å². The van der Waals surface area contributed by atoms with Crippen LogP contribution in [0.25, 0.3) is 10.8 Å². The number of fused-ring (bicyclic) bond motifs is 1. The standard InChI is InChI=1S/C24H21N5O2/c1-16(2)29-24(31)21-11-7-6-10-20(21)22(28-29)23(30)25-17-12-14-19(15-13-17)27-26-18-8-4-3-5-9-18/h3-16H,1-2H3,(H,25,30). The molecule has 31 heavy (non-hydrogen) atoms. The predicted octanol–water partition coefficient (Wildman–Crippen LogP) is 5.65. The zero-order valence-electron chi connectivity index (χ0n) is 17.2. The van der Waals surface area contributed by atoms with E-state index in [2.05, 4.69) is 20.6 Å². The molecule has 154 valence electrons. The molecule has 0 spiro atoms. The van der Waals surface area contributed by atoms with Crippen molar-refractivity contribution in [1.82, 2.24) is 9.78 Å². The maximum Gasteiger partial charge on any atom is 0.276 e.